The number of rotatable bonds is 35. The molecule has 14 heteroatoms. The van der Waals surface area contributed by atoms with E-state index in [9.17, 15) is 44.6 Å². The molecule has 0 aliphatic heterocycles. The monoisotopic (exact) mass is 857 g/mol. The summed E-state index contributed by atoms with van der Waals surface area (Å²) in [5.41, 5.74) is 0. The van der Waals surface area contributed by atoms with Crippen molar-refractivity contribution in [1.29, 1.82) is 0 Å². The van der Waals surface area contributed by atoms with Gasteiger partial charge < -0.3 is 39.9 Å². The van der Waals surface area contributed by atoms with Crippen molar-refractivity contribution in [3.63, 3.8) is 0 Å². The summed E-state index contributed by atoms with van der Waals surface area (Å²) in [6.45, 7) is 3.16. The fourth-order valence-corrected chi connectivity index (χ4v) is 7.22. The maximum absolute atomic E-state index is 12.8. The SMILES string of the molecule is CCCCCC/C=C\C/C=C\C/C=C\C/C=C\CCC(=O)OC(COC(=O)CC/C=C\CCCCCCCCCCC)COP(=O)(O)OC1[C@@H](O)[C@H](O)C(O)[C@H](O)[C@@H]1O. The number of esters is 2. The van der Waals surface area contributed by atoms with Crippen molar-refractivity contribution in [2.24, 2.45) is 0 Å². The largest absolute Gasteiger partial charge is 0.472 e. The number of ether oxygens (including phenoxy) is 2. The number of aliphatic hydroxyl groups is 5. The number of aliphatic hydroxyl groups excluding tert-OH is 5. The quantitative estimate of drug-likeness (QED) is 0.0154. The molecule has 1 saturated carbocycles. The molecule has 4 unspecified atom stereocenters. The van der Waals surface area contributed by atoms with Crippen LogP contribution in [0.4, 0.5) is 0 Å². The maximum Gasteiger partial charge on any atom is 0.472 e. The molecule has 59 heavy (non-hydrogen) atoms. The average Bonchev–Trinajstić information content (AvgIpc) is 3.21. The van der Waals surface area contributed by atoms with Crippen molar-refractivity contribution >= 4 is 19.8 Å². The Kier molecular flexibility index (Phi) is 32.5. The molecular formula is C45H77O13P. The first-order chi connectivity index (χ1) is 28.4. The van der Waals surface area contributed by atoms with Gasteiger partial charge in [-0.3, -0.25) is 18.6 Å². The maximum atomic E-state index is 12.8. The number of allylic oxidation sites excluding steroid dienone is 10. The van der Waals surface area contributed by atoms with Crippen molar-refractivity contribution in [3.05, 3.63) is 60.8 Å². The normalized spacial score (nSPS) is 22.9. The van der Waals surface area contributed by atoms with Gasteiger partial charge in [0.1, 0.15) is 43.2 Å². The number of hydrogen-bond donors (Lipinski definition) is 6. The van der Waals surface area contributed by atoms with Crippen molar-refractivity contribution in [3.8, 4) is 0 Å². The number of unbranched alkanes of at least 4 members (excludes halogenated alkanes) is 13. The molecule has 0 heterocycles. The average molecular weight is 857 g/mol. The summed E-state index contributed by atoms with van der Waals surface area (Å²) < 4.78 is 33.3. The van der Waals surface area contributed by atoms with E-state index in [1.807, 2.05) is 30.4 Å². The Balaban J connectivity index is 2.57. The summed E-state index contributed by atoms with van der Waals surface area (Å²) >= 11 is 0. The highest BCUT2D eigenvalue weighted by Crippen LogP contribution is 2.47. The molecule has 1 rings (SSSR count). The summed E-state index contributed by atoms with van der Waals surface area (Å²) in [6.07, 6.45) is 28.8. The third-order valence-corrected chi connectivity index (χ3v) is 10.8. The number of hydrogen-bond acceptors (Lipinski definition) is 12. The van der Waals surface area contributed by atoms with Crippen LogP contribution < -0.4 is 0 Å². The predicted octanol–water partition coefficient (Wildman–Crippen LogP) is 8.16. The Morgan fingerprint density at radius 3 is 1.44 bits per heavy atom. The molecule has 340 valence electrons. The van der Waals surface area contributed by atoms with E-state index >= 15 is 0 Å². The van der Waals surface area contributed by atoms with Crippen LogP contribution in [-0.4, -0.2) is 98.3 Å². The fraction of sp³-hybridized carbons (Fsp3) is 0.733. The van der Waals surface area contributed by atoms with Crippen molar-refractivity contribution < 1.29 is 63.1 Å². The van der Waals surface area contributed by atoms with Crippen LogP contribution in [-0.2, 0) is 32.7 Å². The van der Waals surface area contributed by atoms with Crippen LogP contribution in [0.2, 0.25) is 0 Å². The molecule has 0 aromatic rings. The Morgan fingerprint density at radius 1 is 0.525 bits per heavy atom. The van der Waals surface area contributed by atoms with Crippen LogP contribution in [0.5, 0.6) is 0 Å². The lowest BCUT2D eigenvalue weighted by Crippen LogP contribution is -2.64. The van der Waals surface area contributed by atoms with Crippen LogP contribution in [0.1, 0.15) is 155 Å². The molecule has 6 N–H and O–H groups in total. The Labute approximate surface area is 353 Å². The molecule has 0 aromatic carbocycles. The highest BCUT2D eigenvalue weighted by molar-refractivity contribution is 7.47. The number of carbonyl (C=O) groups excluding carboxylic acids is 2. The summed E-state index contributed by atoms with van der Waals surface area (Å²) in [4.78, 5) is 35.5. The summed E-state index contributed by atoms with van der Waals surface area (Å²) in [5, 5.41) is 50.0. The molecule has 8 atom stereocenters. The standard InChI is InChI=1S/C45H77O13P/c1-3-5-7-9-11-13-15-17-18-19-20-22-24-26-28-30-32-34-39(47)57-37(36-56-59(53,54)58-45-43(51)41(49)40(48)42(50)44(45)52)35-55-38(46)33-31-29-27-25-23-21-16-14-12-10-8-6-4-2/h13,15,18-19,22,24,27-30,37,40-45,48-52H,3-12,14,16-17,20-21,23,25-26,31-36H2,1-2H3,(H,53,54)/b15-13-,19-18-,24-22-,29-27-,30-28-/t37?,40?,41-,42+,43-,44-,45?/m0/s1. The first-order valence-electron chi connectivity index (χ1n) is 22.1. The van der Waals surface area contributed by atoms with Crippen LogP contribution in [0.15, 0.2) is 60.8 Å². The number of phosphoric acid groups is 1. The van der Waals surface area contributed by atoms with Gasteiger partial charge in [-0.05, 0) is 57.8 Å². The topological polar surface area (TPSA) is 210 Å². The van der Waals surface area contributed by atoms with E-state index in [-0.39, 0.29) is 12.8 Å². The molecule has 1 aliphatic rings. The van der Waals surface area contributed by atoms with Gasteiger partial charge in [-0.15, -0.1) is 0 Å². The third-order valence-electron chi connectivity index (χ3n) is 9.86. The van der Waals surface area contributed by atoms with E-state index in [4.69, 9.17) is 18.5 Å². The molecule has 0 bridgehead atoms. The lowest BCUT2D eigenvalue weighted by atomic mass is 9.85. The van der Waals surface area contributed by atoms with Crippen molar-refractivity contribution in [2.45, 2.75) is 198 Å². The second kappa shape index (κ2) is 35.2. The second-order valence-corrected chi connectivity index (χ2v) is 16.6. The smallest absolute Gasteiger partial charge is 0.462 e. The van der Waals surface area contributed by atoms with Gasteiger partial charge in [0, 0.05) is 12.8 Å². The first kappa shape index (κ1) is 54.6. The minimum atomic E-state index is -5.14. The molecular weight excluding hydrogens is 779 g/mol. The van der Waals surface area contributed by atoms with Crippen molar-refractivity contribution in [1.82, 2.24) is 0 Å². The molecule has 13 nitrogen and oxygen atoms in total. The van der Waals surface area contributed by atoms with Crippen LogP contribution in [0.3, 0.4) is 0 Å². The van der Waals surface area contributed by atoms with Crippen LogP contribution >= 0.6 is 7.82 Å². The van der Waals surface area contributed by atoms with Gasteiger partial charge in [-0.25, -0.2) is 4.57 Å². The van der Waals surface area contributed by atoms with Gasteiger partial charge in [0.25, 0.3) is 0 Å². The van der Waals surface area contributed by atoms with Gasteiger partial charge in [-0.1, -0.05) is 145 Å². The highest BCUT2D eigenvalue weighted by Gasteiger charge is 2.51. The summed E-state index contributed by atoms with van der Waals surface area (Å²) in [5.74, 6) is -1.25. The Hall–Kier alpha value is -2.45. The molecule has 1 aliphatic carbocycles. The molecule has 0 amide bonds. The number of phosphoric ester groups is 1. The zero-order valence-corrected chi connectivity index (χ0v) is 36.7. The summed E-state index contributed by atoms with van der Waals surface area (Å²) in [7, 11) is -5.14. The van der Waals surface area contributed by atoms with E-state index < -0.39 is 75.7 Å². The van der Waals surface area contributed by atoms with Crippen LogP contribution in [0, 0.1) is 0 Å². The van der Waals surface area contributed by atoms with Gasteiger partial charge in [0.2, 0.25) is 0 Å². The lowest BCUT2D eigenvalue weighted by molar-refractivity contribution is -0.220. The fourth-order valence-electron chi connectivity index (χ4n) is 6.25. The van der Waals surface area contributed by atoms with Gasteiger partial charge >= 0.3 is 19.8 Å². The molecule has 0 spiro atoms. The molecule has 0 radical (unpaired) electrons. The van der Waals surface area contributed by atoms with Gasteiger partial charge in [-0.2, -0.15) is 0 Å². The van der Waals surface area contributed by atoms with Crippen molar-refractivity contribution in [2.75, 3.05) is 13.2 Å². The minimum absolute atomic E-state index is 0.0326. The van der Waals surface area contributed by atoms with E-state index in [0.29, 0.717) is 19.3 Å². The van der Waals surface area contributed by atoms with E-state index in [2.05, 4.69) is 44.2 Å². The zero-order valence-electron chi connectivity index (χ0n) is 35.8. The molecule has 1 fully saturated rings. The van der Waals surface area contributed by atoms with Gasteiger partial charge in [0.05, 0.1) is 6.61 Å². The first-order valence-corrected chi connectivity index (χ1v) is 23.6. The minimum Gasteiger partial charge on any atom is -0.462 e. The highest BCUT2D eigenvalue weighted by atomic mass is 31.2. The van der Waals surface area contributed by atoms with Gasteiger partial charge in [0.15, 0.2) is 6.10 Å². The Bertz CT molecular complexity index is 1270. The third kappa shape index (κ3) is 27.9. The van der Waals surface area contributed by atoms with E-state index in [1.54, 1.807) is 0 Å². The van der Waals surface area contributed by atoms with Crippen LogP contribution in [0.25, 0.3) is 0 Å². The number of carbonyl (C=O) groups is 2. The molecule has 0 saturated heterocycles. The molecule has 0 aromatic heterocycles. The van der Waals surface area contributed by atoms with E-state index in [1.165, 1.54) is 77.0 Å². The predicted molar refractivity (Wildman–Crippen MR) is 230 cm³/mol. The van der Waals surface area contributed by atoms with E-state index in [0.717, 1.165) is 32.1 Å². The zero-order chi connectivity index (χ0) is 43.6. The lowest BCUT2D eigenvalue weighted by Gasteiger charge is -2.41. The second-order valence-electron chi connectivity index (χ2n) is 15.2. The Morgan fingerprint density at radius 2 is 0.915 bits per heavy atom. The summed E-state index contributed by atoms with van der Waals surface area (Å²) in [6, 6.07) is 0.